The lowest BCUT2D eigenvalue weighted by Gasteiger charge is -2.07. The van der Waals surface area contributed by atoms with Crippen LogP contribution in [0.15, 0.2) is 54.6 Å². The van der Waals surface area contributed by atoms with E-state index < -0.39 is 0 Å². The number of rotatable bonds is 2. The Hall–Kier alpha value is -2.62. The van der Waals surface area contributed by atoms with Crippen molar-refractivity contribution < 1.29 is 9.53 Å². The van der Waals surface area contributed by atoms with E-state index in [9.17, 15) is 4.79 Å². The van der Waals surface area contributed by atoms with Crippen LogP contribution in [0.25, 0.3) is 22.2 Å². The Morgan fingerprint density at radius 1 is 1.05 bits per heavy atom. The molecule has 1 atom stereocenters. The average Bonchev–Trinajstić information content (AvgIpc) is 3.11. The number of aromatic nitrogens is 2. The van der Waals surface area contributed by atoms with E-state index in [-0.39, 0.29) is 12.0 Å². The molecule has 0 saturated carbocycles. The molecule has 104 valence electrons. The maximum atomic E-state index is 11.9. The average molecular weight is 278 g/mol. The van der Waals surface area contributed by atoms with Gasteiger partial charge >= 0.3 is 5.97 Å². The lowest BCUT2D eigenvalue weighted by molar-refractivity contribution is -0.140. The van der Waals surface area contributed by atoms with Crippen molar-refractivity contribution in [2.45, 2.75) is 12.5 Å². The Bertz CT molecular complexity index is 808. The van der Waals surface area contributed by atoms with E-state index in [1.165, 1.54) is 0 Å². The van der Waals surface area contributed by atoms with E-state index in [1.54, 1.807) is 0 Å². The zero-order chi connectivity index (χ0) is 14.2. The third-order valence-electron chi connectivity index (χ3n) is 3.86. The summed E-state index contributed by atoms with van der Waals surface area (Å²) in [6.07, 6.45) is 0.679. The molecule has 0 N–H and O–H groups in total. The topological polar surface area (TPSA) is 44.1 Å². The van der Waals surface area contributed by atoms with E-state index in [0.29, 0.717) is 13.0 Å². The summed E-state index contributed by atoms with van der Waals surface area (Å²) in [5, 5.41) is 5.77. The van der Waals surface area contributed by atoms with Crippen molar-refractivity contribution in [3.8, 4) is 11.3 Å². The minimum absolute atomic E-state index is 0.192. The van der Waals surface area contributed by atoms with Gasteiger partial charge in [0.15, 0.2) is 6.04 Å². The molecule has 21 heavy (non-hydrogen) atoms. The third-order valence-corrected chi connectivity index (χ3v) is 3.86. The molecule has 1 aliphatic rings. The maximum Gasteiger partial charge on any atom is 0.331 e. The number of nitrogens with zero attached hydrogens (tertiary/aromatic N) is 2. The highest BCUT2D eigenvalue weighted by molar-refractivity contribution is 5.94. The normalized spacial score (nSPS) is 18.1. The summed E-state index contributed by atoms with van der Waals surface area (Å²) in [7, 11) is 0. The lowest BCUT2D eigenvalue weighted by atomic mass is 10.1. The second-order valence-electron chi connectivity index (χ2n) is 5.15. The molecule has 2 aromatic carbocycles. The summed E-state index contributed by atoms with van der Waals surface area (Å²) >= 11 is 0. The molecule has 1 unspecified atom stereocenters. The number of hydrogen-bond acceptors (Lipinski definition) is 3. The predicted molar refractivity (Wildman–Crippen MR) is 79.8 cm³/mol. The first-order valence-electron chi connectivity index (χ1n) is 7.04. The van der Waals surface area contributed by atoms with Crippen LogP contribution in [-0.2, 0) is 9.53 Å². The lowest BCUT2D eigenvalue weighted by Crippen LogP contribution is -2.15. The molecule has 2 heterocycles. The van der Waals surface area contributed by atoms with Crippen LogP contribution in [-0.4, -0.2) is 22.4 Å². The number of esters is 1. The minimum Gasteiger partial charge on any atom is -0.464 e. The van der Waals surface area contributed by atoms with Crippen molar-refractivity contribution in [3.63, 3.8) is 0 Å². The van der Waals surface area contributed by atoms with Crippen molar-refractivity contribution >= 4 is 16.9 Å². The fourth-order valence-corrected chi connectivity index (χ4v) is 2.84. The summed E-state index contributed by atoms with van der Waals surface area (Å²) in [6.45, 7) is 0.471. The molecule has 4 nitrogen and oxygen atoms in total. The molecule has 1 aromatic heterocycles. The van der Waals surface area contributed by atoms with Crippen LogP contribution in [0.4, 0.5) is 0 Å². The minimum atomic E-state index is -0.313. The van der Waals surface area contributed by atoms with Gasteiger partial charge in [-0.05, 0) is 6.07 Å². The summed E-state index contributed by atoms with van der Waals surface area (Å²) in [5.41, 5.74) is 2.94. The number of carbonyl (C=O) groups is 1. The Kier molecular flexibility index (Phi) is 2.74. The first-order chi connectivity index (χ1) is 10.3. The molecule has 0 amide bonds. The summed E-state index contributed by atoms with van der Waals surface area (Å²) in [6, 6.07) is 17.7. The molecule has 1 saturated heterocycles. The Morgan fingerprint density at radius 3 is 2.57 bits per heavy atom. The van der Waals surface area contributed by atoms with Crippen LogP contribution in [0.5, 0.6) is 0 Å². The van der Waals surface area contributed by atoms with Gasteiger partial charge in [0.05, 0.1) is 12.1 Å². The van der Waals surface area contributed by atoms with Crippen LogP contribution >= 0.6 is 0 Å². The molecule has 1 fully saturated rings. The number of fused-ring (bicyclic) bond motifs is 1. The van der Waals surface area contributed by atoms with E-state index in [4.69, 9.17) is 9.84 Å². The monoisotopic (exact) mass is 278 g/mol. The summed E-state index contributed by atoms with van der Waals surface area (Å²) < 4.78 is 6.90. The van der Waals surface area contributed by atoms with E-state index in [0.717, 1.165) is 22.2 Å². The first kappa shape index (κ1) is 12.1. The van der Waals surface area contributed by atoms with Gasteiger partial charge in [-0.25, -0.2) is 9.48 Å². The molecule has 4 rings (SSSR count). The number of para-hydroxylation sites is 1. The molecule has 0 aliphatic carbocycles. The Labute approximate surface area is 122 Å². The fraction of sp³-hybridized carbons (Fsp3) is 0.176. The van der Waals surface area contributed by atoms with Gasteiger partial charge in [0.2, 0.25) is 0 Å². The fourth-order valence-electron chi connectivity index (χ4n) is 2.84. The predicted octanol–water partition coefficient (Wildman–Crippen LogP) is 3.19. The second-order valence-corrected chi connectivity index (χ2v) is 5.15. The van der Waals surface area contributed by atoms with Gasteiger partial charge in [0.1, 0.15) is 5.69 Å². The van der Waals surface area contributed by atoms with Gasteiger partial charge in [-0.3, -0.25) is 0 Å². The standard InChI is InChI=1S/C17H14N2O2/c20-17-15(10-11-21-17)19-14-9-5-4-8-13(14)16(18-19)12-6-2-1-3-7-12/h1-9,15H,10-11H2. The van der Waals surface area contributed by atoms with Crippen LogP contribution in [0, 0.1) is 0 Å². The van der Waals surface area contributed by atoms with Gasteiger partial charge in [-0.1, -0.05) is 48.5 Å². The Morgan fingerprint density at radius 2 is 1.81 bits per heavy atom. The van der Waals surface area contributed by atoms with Crippen molar-refractivity contribution in [1.29, 1.82) is 0 Å². The smallest absolute Gasteiger partial charge is 0.331 e. The van der Waals surface area contributed by atoms with Crippen LogP contribution in [0.1, 0.15) is 12.5 Å². The molecule has 0 spiro atoms. The molecule has 1 aliphatic heterocycles. The number of carbonyl (C=O) groups excluding carboxylic acids is 1. The highest BCUT2D eigenvalue weighted by Gasteiger charge is 2.30. The zero-order valence-corrected chi connectivity index (χ0v) is 11.4. The van der Waals surface area contributed by atoms with E-state index >= 15 is 0 Å². The van der Waals surface area contributed by atoms with Gasteiger partial charge in [0.25, 0.3) is 0 Å². The second kappa shape index (κ2) is 4.74. The number of hydrogen-bond donors (Lipinski definition) is 0. The van der Waals surface area contributed by atoms with Gasteiger partial charge in [0, 0.05) is 17.4 Å². The highest BCUT2D eigenvalue weighted by atomic mass is 16.5. The first-order valence-corrected chi connectivity index (χ1v) is 7.04. The SMILES string of the molecule is O=C1OCCC1n1nc(-c2ccccc2)c2ccccc21. The molecule has 0 bridgehead atoms. The van der Waals surface area contributed by atoms with Crippen molar-refractivity contribution in [2.24, 2.45) is 0 Å². The number of ether oxygens (including phenoxy) is 1. The largest absolute Gasteiger partial charge is 0.464 e. The maximum absolute atomic E-state index is 11.9. The quantitative estimate of drug-likeness (QED) is 0.676. The van der Waals surface area contributed by atoms with E-state index in [2.05, 4.69) is 0 Å². The summed E-state index contributed by atoms with van der Waals surface area (Å²) in [5.74, 6) is -0.192. The molecule has 4 heteroatoms. The van der Waals surface area contributed by atoms with Gasteiger partial charge < -0.3 is 4.74 Å². The van der Waals surface area contributed by atoms with Crippen LogP contribution < -0.4 is 0 Å². The van der Waals surface area contributed by atoms with Gasteiger partial charge in [-0.15, -0.1) is 0 Å². The summed E-state index contributed by atoms with van der Waals surface area (Å²) in [4.78, 5) is 11.9. The zero-order valence-electron chi connectivity index (χ0n) is 11.4. The van der Waals surface area contributed by atoms with E-state index in [1.807, 2.05) is 59.3 Å². The molecular weight excluding hydrogens is 264 g/mol. The number of benzene rings is 2. The third kappa shape index (κ3) is 1.91. The molecule has 3 aromatic rings. The van der Waals surface area contributed by atoms with Crippen molar-refractivity contribution in [1.82, 2.24) is 9.78 Å². The van der Waals surface area contributed by atoms with Crippen LogP contribution in [0.2, 0.25) is 0 Å². The molecular formula is C17H14N2O2. The van der Waals surface area contributed by atoms with Crippen molar-refractivity contribution in [3.05, 3.63) is 54.6 Å². The number of cyclic esters (lactones) is 1. The van der Waals surface area contributed by atoms with Crippen molar-refractivity contribution in [2.75, 3.05) is 6.61 Å². The van der Waals surface area contributed by atoms with Crippen LogP contribution in [0.3, 0.4) is 0 Å². The Balaban J connectivity index is 1.95. The highest BCUT2D eigenvalue weighted by Crippen LogP contribution is 2.32. The van der Waals surface area contributed by atoms with Gasteiger partial charge in [-0.2, -0.15) is 5.10 Å². The molecule has 0 radical (unpaired) electrons.